The number of aliphatic hydroxyl groups is 3. The molecule has 1 aromatic heterocycles. The molecule has 9 heteroatoms. The van der Waals surface area contributed by atoms with Crippen LogP contribution in [0.2, 0.25) is 0 Å². The number of hydrogen-bond donors (Lipinski definition) is 4. The summed E-state index contributed by atoms with van der Waals surface area (Å²) in [4.78, 5) is 26.4. The summed E-state index contributed by atoms with van der Waals surface area (Å²) < 4.78 is 4.59. The first-order chi connectivity index (χ1) is 10.0. The molecule has 0 saturated carbocycles. The van der Waals surface area contributed by atoms with E-state index in [0.29, 0.717) is 0 Å². The van der Waals surface area contributed by atoms with Gasteiger partial charge in [0.2, 0.25) is 0 Å². The van der Waals surface area contributed by atoms with Crippen LogP contribution in [0.15, 0.2) is 29.6 Å². The van der Waals surface area contributed by atoms with Crippen molar-refractivity contribution in [2.45, 2.75) is 24.4 Å². The zero-order valence-electron chi connectivity index (χ0n) is 10.7. The number of amides is 1. The van der Waals surface area contributed by atoms with Crippen molar-refractivity contribution < 1.29 is 29.6 Å². The minimum atomic E-state index is -1.71. The van der Waals surface area contributed by atoms with E-state index < -0.39 is 36.3 Å². The molecule has 1 aliphatic heterocycles. The number of carbonyl (C=O) groups is 2. The fourth-order valence-corrected chi connectivity index (χ4v) is 1.68. The van der Waals surface area contributed by atoms with Crippen molar-refractivity contribution in [3.8, 4) is 0 Å². The van der Waals surface area contributed by atoms with Crippen LogP contribution in [0.4, 0.5) is 0 Å². The molecule has 0 unspecified atom stereocenters. The van der Waals surface area contributed by atoms with Crippen molar-refractivity contribution in [2.75, 3.05) is 0 Å². The highest BCUT2D eigenvalue weighted by molar-refractivity contribution is 5.94. The van der Waals surface area contributed by atoms with Gasteiger partial charge in [0.25, 0.3) is 5.91 Å². The number of nitrogens with zero attached hydrogens (tertiary/aromatic N) is 2. The number of esters is 1. The lowest BCUT2D eigenvalue weighted by Gasteiger charge is -2.16. The van der Waals surface area contributed by atoms with Crippen molar-refractivity contribution in [2.24, 2.45) is 5.10 Å². The molecule has 112 valence electrons. The Hall–Kier alpha value is -2.36. The SMILES string of the molecule is O=C(N/N=C\[C@H](O)[C@@H]1OC(=O)[C@H](O)[C@@H]1O)c1cccnc1. The maximum atomic E-state index is 11.6. The molecule has 4 atom stereocenters. The summed E-state index contributed by atoms with van der Waals surface area (Å²) in [5.74, 6) is -1.57. The van der Waals surface area contributed by atoms with Crippen LogP contribution in [0, 0.1) is 0 Å². The Balaban J connectivity index is 1.90. The van der Waals surface area contributed by atoms with E-state index in [-0.39, 0.29) is 5.56 Å². The highest BCUT2D eigenvalue weighted by Gasteiger charge is 2.45. The van der Waals surface area contributed by atoms with Crippen molar-refractivity contribution >= 4 is 18.1 Å². The second-order valence-electron chi connectivity index (χ2n) is 4.29. The van der Waals surface area contributed by atoms with E-state index in [1.54, 1.807) is 6.07 Å². The highest BCUT2D eigenvalue weighted by Crippen LogP contribution is 2.18. The lowest BCUT2D eigenvalue weighted by Crippen LogP contribution is -2.39. The van der Waals surface area contributed by atoms with Gasteiger partial charge >= 0.3 is 5.97 Å². The van der Waals surface area contributed by atoms with Gasteiger partial charge in [0.1, 0.15) is 12.2 Å². The van der Waals surface area contributed by atoms with Gasteiger partial charge in [0.15, 0.2) is 12.2 Å². The molecule has 1 saturated heterocycles. The topological polar surface area (TPSA) is 141 Å². The second-order valence-corrected chi connectivity index (χ2v) is 4.29. The van der Waals surface area contributed by atoms with Crippen LogP contribution in [-0.2, 0) is 9.53 Å². The Morgan fingerprint density at radius 2 is 2.29 bits per heavy atom. The van der Waals surface area contributed by atoms with E-state index in [0.717, 1.165) is 6.21 Å². The van der Waals surface area contributed by atoms with E-state index in [2.05, 4.69) is 20.2 Å². The van der Waals surface area contributed by atoms with Crippen molar-refractivity contribution in [3.05, 3.63) is 30.1 Å². The first kappa shape index (κ1) is 15.0. The number of aliphatic hydroxyl groups excluding tert-OH is 3. The summed E-state index contributed by atoms with van der Waals surface area (Å²) in [6.45, 7) is 0. The van der Waals surface area contributed by atoms with Crippen LogP contribution < -0.4 is 5.43 Å². The number of carbonyl (C=O) groups excluding carboxylic acids is 2. The van der Waals surface area contributed by atoms with Crippen molar-refractivity contribution in [1.82, 2.24) is 10.4 Å². The number of aromatic nitrogens is 1. The first-order valence-corrected chi connectivity index (χ1v) is 5.99. The first-order valence-electron chi connectivity index (χ1n) is 5.99. The predicted molar refractivity (Wildman–Crippen MR) is 68.1 cm³/mol. The van der Waals surface area contributed by atoms with Crippen LogP contribution in [0.3, 0.4) is 0 Å². The van der Waals surface area contributed by atoms with Gasteiger partial charge in [0, 0.05) is 12.4 Å². The van der Waals surface area contributed by atoms with Crippen LogP contribution in [-0.4, -0.2) is 62.8 Å². The summed E-state index contributed by atoms with van der Waals surface area (Å²) in [7, 11) is 0. The molecule has 0 aromatic carbocycles. The van der Waals surface area contributed by atoms with E-state index in [1.807, 2.05) is 0 Å². The number of rotatable bonds is 4. The summed E-state index contributed by atoms with van der Waals surface area (Å²) in [6, 6.07) is 3.09. The molecular formula is C12H13N3O6. The summed E-state index contributed by atoms with van der Waals surface area (Å²) in [5, 5.41) is 31.8. The smallest absolute Gasteiger partial charge is 0.338 e. The fourth-order valence-electron chi connectivity index (χ4n) is 1.68. The zero-order valence-corrected chi connectivity index (χ0v) is 10.7. The predicted octanol–water partition coefficient (Wildman–Crippen LogP) is -2.19. The van der Waals surface area contributed by atoms with Gasteiger partial charge in [-0.3, -0.25) is 9.78 Å². The number of hydrogen-bond acceptors (Lipinski definition) is 8. The maximum Gasteiger partial charge on any atom is 0.338 e. The molecule has 21 heavy (non-hydrogen) atoms. The average Bonchev–Trinajstić information content (AvgIpc) is 2.75. The minimum Gasteiger partial charge on any atom is -0.454 e. The van der Waals surface area contributed by atoms with Gasteiger partial charge in [0.05, 0.1) is 11.8 Å². The summed E-state index contributed by atoms with van der Waals surface area (Å²) in [5.41, 5.74) is 2.41. The van der Waals surface area contributed by atoms with E-state index in [9.17, 15) is 24.9 Å². The van der Waals surface area contributed by atoms with Crippen LogP contribution in [0.25, 0.3) is 0 Å². The van der Waals surface area contributed by atoms with Gasteiger partial charge in [-0.25, -0.2) is 10.2 Å². The molecule has 1 aliphatic rings. The maximum absolute atomic E-state index is 11.6. The monoisotopic (exact) mass is 295 g/mol. The average molecular weight is 295 g/mol. The van der Waals surface area contributed by atoms with Crippen LogP contribution in [0.5, 0.6) is 0 Å². The summed E-state index contributed by atoms with van der Waals surface area (Å²) >= 11 is 0. The Bertz CT molecular complexity index is 549. The van der Waals surface area contributed by atoms with Crippen LogP contribution >= 0.6 is 0 Å². The quantitative estimate of drug-likeness (QED) is 0.281. The molecule has 0 aliphatic carbocycles. The number of pyridine rings is 1. The van der Waals surface area contributed by atoms with Gasteiger partial charge in [-0.1, -0.05) is 0 Å². The molecule has 2 rings (SSSR count). The molecular weight excluding hydrogens is 282 g/mol. The molecule has 0 bridgehead atoms. The third-order valence-electron chi connectivity index (χ3n) is 2.81. The van der Waals surface area contributed by atoms with Crippen molar-refractivity contribution in [3.63, 3.8) is 0 Å². The highest BCUT2D eigenvalue weighted by atomic mass is 16.6. The molecule has 0 spiro atoms. The van der Waals surface area contributed by atoms with Gasteiger partial charge in [-0.2, -0.15) is 5.10 Å². The van der Waals surface area contributed by atoms with Gasteiger partial charge < -0.3 is 20.1 Å². The standard InChI is InChI=1S/C12H13N3O6/c16-7(10-8(17)9(18)12(20)21-10)5-14-15-11(19)6-2-1-3-13-4-6/h1-5,7-10,16-18H,(H,15,19)/b14-5-/t7-,8-,9+,10-/m0/s1. The Kier molecular flexibility index (Phi) is 4.58. The number of nitrogens with one attached hydrogen (secondary N) is 1. The summed E-state index contributed by atoms with van der Waals surface area (Å²) in [6.07, 6.45) is -2.36. The molecule has 1 aromatic rings. The second kappa shape index (κ2) is 6.39. The third kappa shape index (κ3) is 3.40. The Labute approximate surface area is 118 Å². The van der Waals surface area contributed by atoms with E-state index in [1.165, 1.54) is 18.5 Å². The molecule has 0 radical (unpaired) electrons. The fraction of sp³-hybridized carbons (Fsp3) is 0.333. The zero-order chi connectivity index (χ0) is 15.4. The minimum absolute atomic E-state index is 0.270. The Morgan fingerprint density at radius 3 is 2.86 bits per heavy atom. The van der Waals surface area contributed by atoms with Gasteiger partial charge in [-0.05, 0) is 12.1 Å². The number of ether oxygens (including phenoxy) is 1. The van der Waals surface area contributed by atoms with Crippen LogP contribution in [0.1, 0.15) is 10.4 Å². The molecule has 1 amide bonds. The lowest BCUT2D eigenvalue weighted by molar-refractivity contribution is -0.149. The Morgan fingerprint density at radius 1 is 1.52 bits per heavy atom. The normalized spacial score (nSPS) is 26.6. The molecule has 1 fully saturated rings. The van der Waals surface area contributed by atoms with Crippen molar-refractivity contribution in [1.29, 1.82) is 0 Å². The lowest BCUT2D eigenvalue weighted by atomic mass is 10.1. The molecule has 2 heterocycles. The van der Waals surface area contributed by atoms with Gasteiger partial charge in [-0.15, -0.1) is 0 Å². The van der Waals surface area contributed by atoms with E-state index in [4.69, 9.17) is 0 Å². The van der Waals surface area contributed by atoms with E-state index >= 15 is 0 Å². The number of cyclic esters (lactones) is 1. The largest absolute Gasteiger partial charge is 0.454 e. The molecule has 4 N–H and O–H groups in total. The molecule has 9 nitrogen and oxygen atoms in total. The third-order valence-corrected chi connectivity index (χ3v) is 2.81. The number of hydrazone groups is 1.